The minimum atomic E-state index is 0.0983. The molecule has 0 spiro atoms. The highest BCUT2D eigenvalue weighted by molar-refractivity contribution is 5.94. The zero-order chi connectivity index (χ0) is 12.8. The normalized spacial score (nSPS) is 12.2. The van der Waals surface area contributed by atoms with Crippen LogP contribution in [0.5, 0.6) is 0 Å². The summed E-state index contributed by atoms with van der Waals surface area (Å²) >= 11 is 0. The first kappa shape index (κ1) is 13.7. The van der Waals surface area contributed by atoms with Gasteiger partial charge in [0.15, 0.2) is 5.78 Å². The van der Waals surface area contributed by atoms with Crippen molar-refractivity contribution in [1.29, 1.82) is 0 Å². The zero-order valence-corrected chi connectivity index (χ0v) is 11.2. The molecule has 0 N–H and O–H groups in total. The first-order valence-electron chi connectivity index (χ1n) is 6.28. The molecule has 17 heavy (non-hydrogen) atoms. The molecule has 3 heteroatoms. The number of carbonyl (C=O) groups is 1. The molecule has 0 fully saturated rings. The number of carbonyl (C=O) groups excluding carboxylic acids is 1. The zero-order valence-electron chi connectivity index (χ0n) is 11.2. The van der Waals surface area contributed by atoms with Crippen LogP contribution in [-0.4, -0.2) is 24.4 Å². The van der Waals surface area contributed by atoms with Crippen molar-refractivity contribution in [3.05, 3.63) is 24.0 Å². The van der Waals surface area contributed by atoms with Crippen LogP contribution in [0.1, 0.15) is 44.1 Å². The van der Waals surface area contributed by atoms with E-state index in [1.807, 2.05) is 19.1 Å². The molecule has 1 heterocycles. The van der Waals surface area contributed by atoms with E-state index in [0.29, 0.717) is 18.0 Å². The first-order valence-corrected chi connectivity index (χ1v) is 6.28. The van der Waals surface area contributed by atoms with Gasteiger partial charge in [-0.2, -0.15) is 0 Å². The average molecular weight is 234 g/mol. The van der Waals surface area contributed by atoms with Gasteiger partial charge in [-0.25, -0.2) is 0 Å². The van der Waals surface area contributed by atoms with Crippen molar-refractivity contribution in [3.8, 4) is 0 Å². The highest BCUT2D eigenvalue weighted by Gasteiger charge is 2.08. The summed E-state index contributed by atoms with van der Waals surface area (Å²) in [6.07, 6.45) is 3.46. The van der Waals surface area contributed by atoms with E-state index < -0.39 is 0 Å². The second kappa shape index (κ2) is 6.38. The molecule has 0 aliphatic heterocycles. The molecule has 0 amide bonds. The van der Waals surface area contributed by atoms with Crippen molar-refractivity contribution in [1.82, 2.24) is 4.98 Å². The molecule has 94 valence electrons. The van der Waals surface area contributed by atoms with Crippen LogP contribution in [0, 0.1) is 5.92 Å². The van der Waals surface area contributed by atoms with Gasteiger partial charge >= 0.3 is 0 Å². The number of hydrogen-bond donors (Lipinski definition) is 0. The van der Waals surface area contributed by atoms with Crippen molar-refractivity contribution in [2.24, 2.45) is 5.92 Å². The Hall–Kier alpha value is -1.38. The lowest BCUT2D eigenvalue weighted by Crippen LogP contribution is -2.23. The number of rotatable bonds is 6. The Morgan fingerprint density at radius 3 is 2.59 bits per heavy atom. The number of ketones is 1. The van der Waals surface area contributed by atoms with Crippen LogP contribution in [0.15, 0.2) is 18.3 Å². The predicted octanol–water partition coefficient (Wildman–Crippen LogP) is 3.16. The maximum atomic E-state index is 11.4. The highest BCUT2D eigenvalue weighted by atomic mass is 16.1. The van der Waals surface area contributed by atoms with Gasteiger partial charge in [0.25, 0.3) is 0 Å². The summed E-state index contributed by atoms with van der Waals surface area (Å²) in [6, 6.07) is 3.78. The SMILES string of the molecule is CCC(=O)c1ccc(N(C)CC(C)CC)cn1. The molecule has 1 unspecified atom stereocenters. The minimum Gasteiger partial charge on any atom is -0.373 e. The summed E-state index contributed by atoms with van der Waals surface area (Å²) < 4.78 is 0. The van der Waals surface area contributed by atoms with Crippen LogP contribution < -0.4 is 4.90 Å². The summed E-state index contributed by atoms with van der Waals surface area (Å²) in [5.41, 5.74) is 1.63. The molecule has 1 aromatic heterocycles. The van der Waals surface area contributed by atoms with Crippen molar-refractivity contribution >= 4 is 11.5 Å². The molecular formula is C14H22N2O. The summed E-state index contributed by atoms with van der Waals surface area (Å²) in [7, 11) is 2.06. The molecule has 0 aliphatic rings. The Labute approximate surface area is 104 Å². The van der Waals surface area contributed by atoms with E-state index in [9.17, 15) is 4.79 Å². The summed E-state index contributed by atoms with van der Waals surface area (Å²) in [4.78, 5) is 17.8. The molecule has 1 aromatic rings. The Balaban J connectivity index is 2.70. The second-order valence-corrected chi connectivity index (χ2v) is 4.57. The number of nitrogens with zero attached hydrogens (tertiary/aromatic N) is 2. The maximum absolute atomic E-state index is 11.4. The molecule has 0 bridgehead atoms. The monoisotopic (exact) mass is 234 g/mol. The van der Waals surface area contributed by atoms with Gasteiger partial charge in [0.1, 0.15) is 5.69 Å². The van der Waals surface area contributed by atoms with Crippen molar-refractivity contribution in [2.75, 3.05) is 18.5 Å². The smallest absolute Gasteiger partial charge is 0.180 e. The molecule has 0 radical (unpaired) electrons. The quantitative estimate of drug-likeness (QED) is 0.709. The Kier molecular flexibility index (Phi) is 5.13. The first-order chi connectivity index (χ1) is 8.08. The summed E-state index contributed by atoms with van der Waals surface area (Å²) in [5, 5.41) is 0. The molecule has 3 nitrogen and oxygen atoms in total. The lowest BCUT2D eigenvalue weighted by molar-refractivity contribution is 0.0983. The third-order valence-electron chi connectivity index (χ3n) is 3.08. The van der Waals surface area contributed by atoms with E-state index >= 15 is 0 Å². The number of anilines is 1. The third kappa shape index (κ3) is 3.84. The topological polar surface area (TPSA) is 33.2 Å². The standard InChI is InChI=1S/C14H22N2O/c1-5-11(3)10-16(4)12-7-8-13(15-9-12)14(17)6-2/h7-9,11H,5-6,10H2,1-4H3. The van der Waals surface area contributed by atoms with Gasteiger partial charge in [0.05, 0.1) is 11.9 Å². The second-order valence-electron chi connectivity index (χ2n) is 4.57. The van der Waals surface area contributed by atoms with Gasteiger partial charge in [-0.05, 0) is 18.1 Å². The van der Waals surface area contributed by atoms with Crippen molar-refractivity contribution in [3.63, 3.8) is 0 Å². The number of pyridine rings is 1. The van der Waals surface area contributed by atoms with E-state index in [2.05, 4.69) is 30.8 Å². The summed E-state index contributed by atoms with van der Waals surface area (Å²) in [5.74, 6) is 0.762. The van der Waals surface area contributed by atoms with Crippen LogP contribution in [0.2, 0.25) is 0 Å². The largest absolute Gasteiger partial charge is 0.373 e. The molecule has 1 rings (SSSR count). The predicted molar refractivity (Wildman–Crippen MR) is 71.6 cm³/mol. The van der Waals surface area contributed by atoms with E-state index in [4.69, 9.17) is 0 Å². The number of hydrogen-bond acceptors (Lipinski definition) is 3. The highest BCUT2D eigenvalue weighted by Crippen LogP contribution is 2.14. The van der Waals surface area contributed by atoms with Gasteiger partial charge in [0, 0.05) is 20.0 Å². The van der Waals surface area contributed by atoms with E-state index in [1.54, 1.807) is 6.20 Å². The van der Waals surface area contributed by atoms with Crippen LogP contribution in [-0.2, 0) is 0 Å². The van der Waals surface area contributed by atoms with Crippen molar-refractivity contribution in [2.45, 2.75) is 33.6 Å². The van der Waals surface area contributed by atoms with E-state index in [1.165, 1.54) is 6.42 Å². The molecule has 0 aliphatic carbocycles. The fraction of sp³-hybridized carbons (Fsp3) is 0.571. The Bertz CT molecular complexity index is 359. The van der Waals surface area contributed by atoms with Gasteiger partial charge in [-0.1, -0.05) is 27.2 Å². The molecule has 0 saturated carbocycles. The minimum absolute atomic E-state index is 0.0983. The molecule has 0 saturated heterocycles. The lowest BCUT2D eigenvalue weighted by Gasteiger charge is -2.22. The van der Waals surface area contributed by atoms with Crippen LogP contribution in [0.3, 0.4) is 0 Å². The average Bonchev–Trinajstić information content (AvgIpc) is 2.37. The fourth-order valence-corrected chi connectivity index (χ4v) is 1.66. The molecular weight excluding hydrogens is 212 g/mol. The van der Waals surface area contributed by atoms with Gasteiger partial charge in [0.2, 0.25) is 0 Å². The Morgan fingerprint density at radius 1 is 1.41 bits per heavy atom. The molecule has 1 atom stereocenters. The van der Waals surface area contributed by atoms with Crippen LogP contribution in [0.4, 0.5) is 5.69 Å². The Morgan fingerprint density at radius 2 is 2.12 bits per heavy atom. The van der Waals surface area contributed by atoms with Crippen molar-refractivity contribution < 1.29 is 4.79 Å². The number of aromatic nitrogens is 1. The van der Waals surface area contributed by atoms with Gasteiger partial charge in [-0.15, -0.1) is 0 Å². The fourth-order valence-electron chi connectivity index (χ4n) is 1.66. The maximum Gasteiger partial charge on any atom is 0.180 e. The van der Waals surface area contributed by atoms with Gasteiger partial charge in [-0.3, -0.25) is 9.78 Å². The third-order valence-corrected chi connectivity index (χ3v) is 3.08. The summed E-state index contributed by atoms with van der Waals surface area (Å²) in [6.45, 7) is 7.30. The lowest BCUT2D eigenvalue weighted by atomic mass is 10.1. The number of Topliss-reactive ketones (excluding diaryl/α,β-unsaturated/α-hetero) is 1. The van der Waals surface area contributed by atoms with E-state index in [0.717, 1.165) is 12.2 Å². The van der Waals surface area contributed by atoms with Crippen LogP contribution in [0.25, 0.3) is 0 Å². The molecule has 0 aromatic carbocycles. The van der Waals surface area contributed by atoms with Crippen LogP contribution >= 0.6 is 0 Å². The van der Waals surface area contributed by atoms with Gasteiger partial charge < -0.3 is 4.90 Å². The van der Waals surface area contributed by atoms with E-state index in [-0.39, 0.29) is 5.78 Å².